The Labute approximate surface area is 295 Å². The number of hydrogen-bond acceptors (Lipinski definition) is 16. The summed E-state index contributed by atoms with van der Waals surface area (Å²) in [6.45, 7) is 11.3. The van der Waals surface area contributed by atoms with Gasteiger partial charge in [0, 0.05) is 47.0 Å². The molecule has 1 N–H and O–H groups in total. The molecule has 3 fully saturated rings. The number of fused-ring (bicyclic) bond motifs is 3. The first-order valence-corrected chi connectivity index (χ1v) is 16.7. The van der Waals surface area contributed by atoms with Crippen LogP contribution in [0.25, 0.3) is 0 Å². The van der Waals surface area contributed by atoms with Gasteiger partial charge in [-0.15, -0.1) is 0 Å². The number of carbonyl (C=O) groups is 7. The number of epoxide rings is 1. The molecule has 4 aliphatic rings. The molecule has 16 nitrogen and oxygen atoms in total. The summed E-state index contributed by atoms with van der Waals surface area (Å²) in [6.07, 6.45) is -5.60. The highest BCUT2D eigenvalue weighted by atomic mass is 16.7. The van der Waals surface area contributed by atoms with E-state index < -0.39 is 107 Å². The first-order chi connectivity index (χ1) is 23.7. The number of ether oxygens (including phenoxy) is 8. The van der Waals surface area contributed by atoms with Crippen LogP contribution >= 0.6 is 0 Å². The van der Waals surface area contributed by atoms with E-state index >= 15 is 0 Å². The van der Waals surface area contributed by atoms with Crippen LogP contribution in [0.1, 0.15) is 68.7 Å². The normalized spacial score (nSPS) is 38.4. The molecule has 282 valence electrons. The summed E-state index contributed by atoms with van der Waals surface area (Å²) in [4.78, 5) is 90.1. The quantitative estimate of drug-likeness (QED) is 0.202. The van der Waals surface area contributed by atoms with Crippen LogP contribution in [-0.4, -0.2) is 108 Å². The minimum absolute atomic E-state index is 0.119. The van der Waals surface area contributed by atoms with E-state index in [4.69, 9.17) is 37.9 Å². The van der Waals surface area contributed by atoms with Gasteiger partial charge < -0.3 is 43.0 Å². The molecule has 0 bridgehead atoms. The number of esters is 7. The highest BCUT2D eigenvalue weighted by molar-refractivity contribution is 5.78. The molecule has 0 unspecified atom stereocenters. The van der Waals surface area contributed by atoms with Crippen molar-refractivity contribution in [2.24, 2.45) is 23.2 Å². The molecule has 1 spiro atoms. The third-order valence-corrected chi connectivity index (χ3v) is 9.79. The highest BCUT2D eigenvalue weighted by Gasteiger charge is 2.81. The third kappa shape index (κ3) is 7.66. The van der Waals surface area contributed by atoms with E-state index in [-0.39, 0.29) is 31.1 Å². The van der Waals surface area contributed by atoms with Gasteiger partial charge in [-0.2, -0.15) is 0 Å². The van der Waals surface area contributed by atoms with Gasteiger partial charge in [0.1, 0.15) is 24.4 Å². The summed E-state index contributed by atoms with van der Waals surface area (Å²) >= 11 is 0. The second kappa shape index (κ2) is 14.7. The summed E-state index contributed by atoms with van der Waals surface area (Å²) in [7, 11) is 0. The first-order valence-electron chi connectivity index (χ1n) is 16.7. The Morgan fingerprint density at radius 1 is 0.863 bits per heavy atom. The lowest BCUT2D eigenvalue weighted by molar-refractivity contribution is -0.279. The van der Waals surface area contributed by atoms with E-state index in [1.165, 1.54) is 39.0 Å². The third-order valence-electron chi connectivity index (χ3n) is 9.79. The molecule has 2 aliphatic carbocycles. The molecule has 51 heavy (non-hydrogen) atoms. The van der Waals surface area contributed by atoms with Crippen molar-refractivity contribution < 1.29 is 76.6 Å². The Morgan fingerprint density at radius 2 is 1.43 bits per heavy atom. The van der Waals surface area contributed by atoms with Gasteiger partial charge in [-0.3, -0.25) is 33.6 Å². The van der Waals surface area contributed by atoms with Crippen molar-refractivity contribution in [3.8, 4) is 0 Å². The summed E-state index contributed by atoms with van der Waals surface area (Å²) in [5.41, 5.74) is -5.91. The number of hydrogen-bond donors (Lipinski definition) is 1. The number of carbonyl (C=O) groups excluding carboxylic acids is 7. The van der Waals surface area contributed by atoms with Gasteiger partial charge in [0.25, 0.3) is 0 Å². The maximum absolute atomic E-state index is 13.6. The fourth-order valence-corrected chi connectivity index (χ4v) is 7.63. The second-order valence-corrected chi connectivity index (χ2v) is 14.1. The Kier molecular flexibility index (Phi) is 11.4. The van der Waals surface area contributed by atoms with E-state index in [0.717, 1.165) is 27.7 Å². The first kappa shape index (κ1) is 39.5. The van der Waals surface area contributed by atoms with E-state index in [9.17, 15) is 38.7 Å². The summed E-state index contributed by atoms with van der Waals surface area (Å²) in [6, 6.07) is 0. The lowest BCUT2D eigenvalue weighted by atomic mass is 9.51. The van der Waals surface area contributed by atoms with Crippen molar-refractivity contribution in [1.82, 2.24) is 0 Å². The van der Waals surface area contributed by atoms with E-state index in [1.54, 1.807) is 13.8 Å². The highest BCUT2D eigenvalue weighted by Crippen LogP contribution is 2.63. The summed E-state index contributed by atoms with van der Waals surface area (Å²) in [5.74, 6) is -8.80. The van der Waals surface area contributed by atoms with Crippen molar-refractivity contribution in [3.05, 3.63) is 23.8 Å². The molecule has 0 aromatic rings. The molecular weight excluding hydrogens is 676 g/mol. The van der Waals surface area contributed by atoms with Crippen molar-refractivity contribution in [2.75, 3.05) is 13.2 Å². The van der Waals surface area contributed by atoms with Crippen molar-refractivity contribution >= 4 is 41.8 Å². The molecule has 0 radical (unpaired) electrons. The molecule has 0 aromatic carbocycles. The minimum Gasteiger partial charge on any atom is -0.461 e. The zero-order valence-corrected chi connectivity index (χ0v) is 30.1. The van der Waals surface area contributed by atoms with E-state index in [2.05, 4.69) is 0 Å². The molecule has 2 saturated heterocycles. The molecule has 16 heteroatoms. The van der Waals surface area contributed by atoms with Gasteiger partial charge in [-0.1, -0.05) is 26.8 Å². The van der Waals surface area contributed by atoms with Crippen LogP contribution < -0.4 is 0 Å². The number of aliphatic hydroxyl groups is 1. The van der Waals surface area contributed by atoms with Gasteiger partial charge >= 0.3 is 41.8 Å². The van der Waals surface area contributed by atoms with Crippen LogP contribution in [0.4, 0.5) is 0 Å². The van der Waals surface area contributed by atoms with E-state index in [1.807, 2.05) is 0 Å². The minimum atomic E-state index is -2.43. The average Bonchev–Trinajstić information content (AvgIpc) is 3.75. The monoisotopic (exact) mass is 722 g/mol. The lowest BCUT2D eigenvalue weighted by Crippen LogP contribution is -2.76. The van der Waals surface area contributed by atoms with Crippen molar-refractivity contribution in [3.63, 3.8) is 0 Å². The van der Waals surface area contributed by atoms with Gasteiger partial charge in [0.15, 0.2) is 30.0 Å². The summed E-state index contributed by atoms with van der Waals surface area (Å²) in [5, 5.41) is 12.9. The van der Waals surface area contributed by atoms with Gasteiger partial charge in [-0.25, -0.2) is 0 Å². The average molecular weight is 723 g/mol. The molecule has 0 aromatic heterocycles. The smallest absolute Gasteiger partial charge is 0.312 e. The molecule has 1 saturated carbocycles. The Bertz CT molecular complexity index is 1510. The Hall–Kier alpha value is -4.31. The van der Waals surface area contributed by atoms with Crippen LogP contribution in [0.15, 0.2) is 23.8 Å². The standard InChI is InChI=1S/C35H46O16/c1-16(2)12-26(41)51-29-27(47-20(6)38)30(48-21(7)39)34(15-45-34)28-31(49-22(8)40)35(43)17(3)32(42)50-25(35)13-23(14-44-18(4)36)10-11-24(33(28,29)9)46-19(5)37/h10-11,13,16-17,24-25,27-31,43H,12,14-15H2,1-9H3/b11-10-,23-13-/t17-,24-,25-,27+,28+,29-,30+,31-,33+,34-,35-/m0/s1. The zero-order chi connectivity index (χ0) is 38.2. The predicted molar refractivity (Wildman–Crippen MR) is 170 cm³/mol. The van der Waals surface area contributed by atoms with Crippen LogP contribution in [0.3, 0.4) is 0 Å². The van der Waals surface area contributed by atoms with Gasteiger partial charge in [0.05, 0.1) is 17.9 Å². The molecule has 0 amide bonds. The van der Waals surface area contributed by atoms with Gasteiger partial charge in [-0.05, 0) is 30.6 Å². The maximum atomic E-state index is 13.6. The van der Waals surface area contributed by atoms with E-state index in [0.29, 0.717) is 0 Å². The Balaban J connectivity index is 2.16. The van der Waals surface area contributed by atoms with Crippen LogP contribution in [0.2, 0.25) is 0 Å². The maximum Gasteiger partial charge on any atom is 0.312 e. The molecule has 4 rings (SSSR count). The lowest BCUT2D eigenvalue weighted by Gasteiger charge is -2.59. The second-order valence-electron chi connectivity index (χ2n) is 14.1. The Morgan fingerprint density at radius 3 is 1.94 bits per heavy atom. The SMILES string of the molecule is CC(=O)OCC1=C\[C@@H]2OC(=O)[C@H](C)[C@@]2(O)[C@@H](OC(C)=O)[C@H]2[C@@]3(CO3)[C@H](OC(C)=O)[C@H](OC(C)=O)[C@H](OC(=O)CC(C)C)[C@]2(C)[C@@H](OC(C)=O)/C=C\1. The van der Waals surface area contributed by atoms with Crippen molar-refractivity contribution in [2.45, 2.75) is 117 Å². The van der Waals surface area contributed by atoms with Crippen LogP contribution in [-0.2, 0) is 71.5 Å². The predicted octanol–water partition coefficient (Wildman–Crippen LogP) is 1.43. The zero-order valence-electron chi connectivity index (χ0n) is 30.1. The largest absolute Gasteiger partial charge is 0.461 e. The van der Waals surface area contributed by atoms with Gasteiger partial charge in [0.2, 0.25) is 0 Å². The number of rotatable bonds is 9. The van der Waals surface area contributed by atoms with Crippen LogP contribution in [0.5, 0.6) is 0 Å². The molecule has 11 atom stereocenters. The molecule has 2 aliphatic heterocycles. The fraction of sp³-hybridized carbons (Fsp3) is 0.686. The molecular formula is C35H46O16. The topological polar surface area (TPSA) is 217 Å². The van der Waals surface area contributed by atoms with Crippen LogP contribution in [0, 0.1) is 23.2 Å². The molecule has 2 heterocycles. The summed E-state index contributed by atoms with van der Waals surface area (Å²) < 4.78 is 46.6. The van der Waals surface area contributed by atoms with Crippen molar-refractivity contribution in [1.29, 1.82) is 0 Å². The fourth-order valence-electron chi connectivity index (χ4n) is 7.63.